The van der Waals surface area contributed by atoms with E-state index in [9.17, 15) is 13.2 Å². The molecule has 18 heavy (non-hydrogen) atoms. The van der Waals surface area contributed by atoms with E-state index in [-0.39, 0.29) is 18.1 Å². The summed E-state index contributed by atoms with van der Waals surface area (Å²) >= 11 is 0. The van der Waals surface area contributed by atoms with Crippen molar-refractivity contribution in [1.82, 2.24) is 9.62 Å². The molecule has 1 aromatic heterocycles. The van der Waals surface area contributed by atoms with Gasteiger partial charge in [0.15, 0.2) is 5.76 Å². The molecule has 2 rings (SSSR count). The first-order chi connectivity index (χ1) is 8.59. The van der Waals surface area contributed by atoms with E-state index in [4.69, 9.17) is 4.42 Å². The van der Waals surface area contributed by atoms with Crippen LogP contribution in [0.25, 0.3) is 0 Å². The predicted molar refractivity (Wildman–Crippen MR) is 65.6 cm³/mol. The maximum absolute atomic E-state index is 11.9. The van der Waals surface area contributed by atoms with Gasteiger partial charge in [-0.2, -0.15) is 0 Å². The second-order valence-corrected chi connectivity index (χ2v) is 6.24. The lowest BCUT2D eigenvalue weighted by Gasteiger charge is -2.15. The molecular formula is C11H16N2O4S. The number of hydrogen-bond acceptors (Lipinski definition) is 4. The summed E-state index contributed by atoms with van der Waals surface area (Å²) in [5.41, 5.74) is 0. The lowest BCUT2D eigenvalue weighted by molar-refractivity contribution is 0.0928. The third-order valence-corrected chi connectivity index (χ3v) is 4.72. The van der Waals surface area contributed by atoms with Gasteiger partial charge in [0, 0.05) is 19.6 Å². The molecule has 100 valence electrons. The Labute approximate surface area is 106 Å². The Bertz CT molecular complexity index is 489. The normalized spacial score (nSPS) is 16.9. The van der Waals surface area contributed by atoms with Gasteiger partial charge in [0.05, 0.1) is 12.0 Å². The number of nitrogens with zero attached hydrogens (tertiary/aromatic N) is 1. The molecule has 0 unspecified atom stereocenters. The van der Waals surface area contributed by atoms with Gasteiger partial charge in [-0.1, -0.05) is 0 Å². The zero-order valence-corrected chi connectivity index (χ0v) is 10.8. The highest BCUT2D eigenvalue weighted by Gasteiger charge is 2.24. The lowest BCUT2D eigenvalue weighted by atomic mass is 10.4. The van der Waals surface area contributed by atoms with Gasteiger partial charge < -0.3 is 9.73 Å². The van der Waals surface area contributed by atoms with Crippen molar-refractivity contribution in [3.63, 3.8) is 0 Å². The molecule has 0 aromatic carbocycles. The Kier molecular flexibility index (Phi) is 4.03. The third kappa shape index (κ3) is 3.11. The number of nitrogens with one attached hydrogen (secondary N) is 1. The van der Waals surface area contributed by atoms with Crippen LogP contribution in [-0.4, -0.2) is 44.0 Å². The quantitative estimate of drug-likeness (QED) is 0.843. The van der Waals surface area contributed by atoms with Crippen LogP contribution < -0.4 is 5.32 Å². The molecule has 0 aliphatic carbocycles. The van der Waals surface area contributed by atoms with E-state index in [2.05, 4.69) is 5.32 Å². The molecule has 0 radical (unpaired) electrons. The summed E-state index contributed by atoms with van der Waals surface area (Å²) in [5.74, 6) is -0.274. The highest BCUT2D eigenvalue weighted by molar-refractivity contribution is 7.89. The maximum atomic E-state index is 11.9. The standard InChI is InChI=1S/C11H16N2O4S/c14-11(10-4-3-8-17-10)12-5-9-18(15,16)13-6-1-2-7-13/h3-4,8H,1-2,5-7,9H2,(H,12,14). The summed E-state index contributed by atoms with van der Waals surface area (Å²) in [4.78, 5) is 11.5. The number of rotatable bonds is 5. The van der Waals surface area contributed by atoms with E-state index in [1.165, 1.54) is 16.6 Å². The van der Waals surface area contributed by atoms with E-state index < -0.39 is 15.9 Å². The molecule has 1 aliphatic rings. The van der Waals surface area contributed by atoms with E-state index in [0.29, 0.717) is 13.1 Å². The van der Waals surface area contributed by atoms with Crippen molar-refractivity contribution >= 4 is 15.9 Å². The summed E-state index contributed by atoms with van der Waals surface area (Å²) < 4.78 is 30.1. The Morgan fingerprint density at radius 2 is 2.11 bits per heavy atom. The largest absolute Gasteiger partial charge is 0.459 e. The van der Waals surface area contributed by atoms with E-state index in [1.54, 1.807) is 6.07 Å². The first kappa shape index (κ1) is 13.1. The van der Waals surface area contributed by atoms with Gasteiger partial charge in [0.2, 0.25) is 10.0 Å². The Morgan fingerprint density at radius 3 is 2.72 bits per heavy atom. The van der Waals surface area contributed by atoms with Gasteiger partial charge in [0.1, 0.15) is 0 Å². The molecule has 0 atom stereocenters. The van der Waals surface area contributed by atoms with E-state index in [0.717, 1.165) is 12.8 Å². The molecular weight excluding hydrogens is 256 g/mol. The second kappa shape index (κ2) is 5.53. The molecule has 1 amide bonds. The SMILES string of the molecule is O=C(NCCS(=O)(=O)N1CCCC1)c1ccco1. The van der Waals surface area contributed by atoms with Crippen LogP contribution in [0.1, 0.15) is 23.4 Å². The molecule has 1 N–H and O–H groups in total. The number of sulfonamides is 1. The number of hydrogen-bond donors (Lipinski definition) is 1. The minimum Gasteiger partial charge on any atom is -0.459 e. The maximum Gasteiger partial charge on any atom is 0.287 e. The van der Waals surface area contributed by atoms with E-state index in [1.807, 2.05) is 0 Å². The molecule has 1 aromatic rings. The van der Waals surface area contributed by atoms with Gasteiger partial charge in [-0.25, -0.2) is 12.7 Å². The number of amides is 1. The summed E-state index contributed by atoms with van der Waals surface area (Å²) in [6.07, 6.45) is 3.23. The van der Waals surface area contributed by atoms with Crippen molar-refractivity contribution in [2.45, 2.75) is 12.8 Å². The first-order valence-electron chi connectivity index (χ1n) is 5.89. The van der Waals surface area contributed by atoms with Crippen LogP contribution in [0.15, 0.2) is 22.8 Å². The fraction of sp³-hybridized carbons (Fsp3) is 0.545. The van der Waals surface area contributed by atoms with E-state index >= 15 is 0 Å². The van der Waals surface area contributed by atoms with Gasteiger partial charge in [-0.05, 0) is 25.0 Å². The minimum absolute atomic E-state index is 0.0700. The molecule has 1 fully saturated rings. The van der Waals surface area contributed by atoms with Crippen LogP contribution in [0.3, 0.4) is 0 Å². The highest BCUT2D eigenvalue weighted by Crippen LogP contribution is 2.12. The van der Waals surface area contributed by atoms with Crippen molar-refractivity contribution in [2.24, 2.45) is 0 Å². The summed E-state index contributed by atoms with van der Waals surface area (Å²) in [7, 11) is -3.24. The van der Waals surface area contributed by atoms with Crippen LogP contribution in [0, 0.1) is 0 Å². The van der Waals surface area contributed by atoms with Crippen molar-refractivity contribution in [1.29, 1.82) is 0 Å². The number of furan rings is 1. The monoisotopic (exact) mass is 272 g/mol. The smallest absolute Gasteiger partial charge is 0.287 e. The summed E-state index contributed by atoms with van der Waals surface area (Å²) in [6.45, 7) is 1.28. The van der Waals surface area contributed by atoms with Crippen molar-refractivity contribution in [3.8, 4) is 0 Å². The fourth-order valence-electron chi connectivity index (χ4n) is 1.88. The summed E-state index contributed by atoms with van der Waals surface area (Å²) in [5, 5.41) is 2.53. The molecule has 0 bridgehead atoms. The average molecular weight is 272 g/mol. The molecule has 1 aliphatic heterocycles. The van der Waals surface area contributed by atoms with Crippen LogP contribution in [0.2, 0.25) is 0 Å². The first-order valence-corrected chi connectivity index (χ1v) is 7.50. The molecule has 6 nitrogen and oxygen atoms in total. The van der Waals surface area contributed by atoms with Gasteiger partial charge >= 0.3 is 0 Å². The van der Waals surface area contributed by atoms with Gasteiger partial charge in [-0.15, -0.1) is 0 Å². The summed E-state index contributed by atoms with van der Waals surface area (Å²) in [6, 6.07) is 3.14. The fourth-order valence-corrected chi connectivity index (χ4v) is 3.32. The molecule has 2 heterocycles. The Balaban J connectivity index is 1.80. The number of carbonyl (C=O) groups is 1. The van der Waals surface area contributed by atoms with Crippen LogP contribution in [-0.2, 0) is 10.0 Å². The zero-order chi connectivity index (χ0) is 13.0. The Hall–Kier alpha value is -1.34. The van der Waals surface area contributed by atoms with Gasteiger partial charge in [-0.3, -0.25) is 4.79 Å². The van der Waals surface area contributed by atoms with Crippen LogP contribution in [0.5, 0.6) is 0 Å². The van der Waals surface area contributed by atoms with Gasteiger partial charge in [0.25, 0.3) is 5.91 Å². The molecule has 0 spiro atoms. The van der Waals surface area contributed by atoms with Crippen LogP contribution in [0.4, 0.5) is 0 Å². The Morgan fingerprint density at radius 1 is 1.39 bits per heavy atom. The molecule has 7 heteroatoms. The number of carbonyl (C=O) groups excluding carboxylic acids is 1. The van der Waals surface area contributed by atoms with Crippen molar-refractivity contribution in [3.05, 3.63) is 24.2 Å². The van der Waals surface area contributed by atoms with Crippen molar-refractivity contribution in [2.75, 3.05) is 25.4 Å². The van der Waals surface area contributed by atoms with Crippen molar-refractivity contribution < 1.29 is 17.6 Å². The zero-order valence-electron chi connectivity index (χ0n) is 9.96. The highest BCUT2D eigenvalue weighted by atomic mass is 32.2. The average Bonchev–Trinajstić information content (AvgIpc) is 3.02. The van der Waals surface area contributed by atoms with Crippen LogP contribution >= 0.6 is 0 Å². The second-order valence-electron chi connectivity index (χ2n) is 4.16. The molecule has 0 saturated carbocycles. The molecule has 1 saturated heterocycles. The predicted octanol–water partition coefficient (Wildman–Crippen LogP) is 0.435. The lowest BCUT2D eigenvalue weighted by Crippen LogP contribution is -2.36. The topological polar surface area (TPSA) is 79.6 Å². The third-order valence-electron chi connectivity index (χ3n) is 2.85. The minimum atomic E-state index is -3.24.